The van der Waals surface area contributed by atoms with Gasteiger partial charge in [0, 0.05) is 18.6 Å². The maximum Gasteiger partial charge on any atom is 0.0220 e. The summed E-state index contributed by atoms with van der Waals surface area (Å²) >= 11 is 0. The van der Waals surface area contributed by atoms with Crippen molar-refractivity contribution < 1.29 is 0 Å². The van der Waals surface area contributed by atoms with Gasteiger partial charge in [0.25, 0.3) is 0 Å². The van der Waals surface area contributed by atoms with Gasteiger partial charge in [-0.1, -0.05) is 20.8 Å². The van der Waals surface area contributed by atoms with Gasteiger partial charge in [-0.25, -0.2) is 0 Å². The SMILES string of the molecule is CCNC(CC)CCCN1CCCN(C)CC1CC. The standard InChI is InChI=1S/C16H35N3/c1-5-15(17-7-3)10-8-12-19-13-9-11-18(4)14-16(19)6-2/h15-17H,5-14H2,1-4H3. The average Bonchev–Trinajstić information content (AvgIpc) is 2.59. The van der Waals surface area contributed by atoms with Crippen LogP contribution in [0.1, 0.15) is 52.9 Å². The fraction of sp³-hybridized carbons (Fsp3) is 1.00. The summed E-state index contributed by atoms with van der Waals surface area (Å²) in [5.41, 5.74) is 0. The first kappa shape index (κ1) is 16.9. The molecule has 0 aromatic rings. The zero-order valence-electron chi connectivity index (χ0n) is 13.6. The fourth-order valence-electron chi connectivity index (χ4n) is 3.25. The van der Waals surface area contributed by atoms with Crippen molar-refractivity contribution in [3.8, 4) is 0 Å². The lowest BCUT2D eigenvalue weighted by Gasteiger charge is -2.30. The fourth-order valence-corrected chi connectivity index (χ4v) is 3.25. The predicted octanol–water partition coefficient (Wildman–Crippen LogP) is 2.57. The molecule has 1 aliphatic rings. The van der Waals surface area contributed by atoms with Crippen molar-refractivity contribution in [2.24, 2.45) is 0 Å². The molecule has 0 saturated carbocycles. The van der Waals surface area contributed by atoms with E-state index in [9.17, 15) is 0 Å². The van der Waals surface area contributed by atoms with Gasteiger partial charge in [0.2, 0.25) is 0 Å². The van der Waals surface area contributed by atoms with Gasteiger partial charge >= 0.3 is 0 Å². The molecule has 0 amide bonds. The molecule has 0 radical (unpaired) electrons. The van der Waals surface area contributed by atoms with Gasteiger partial charge in [0.1, 0.15) is 0 Å². The van der Waals surface area contributed by atoms with Gasteiger partial charge in [-0.3, -0.25) is 4.90 Å². The lowest BCUT2D eigenvalue weighted by atomic mass is 10.1. The second-order valence-electron chi connectivity index (χ2n) is 6.02. The normalized spacial score (nSPS) is 24.3. The van der Waals surface area contributed by atoms with E-state index in [4.69, 9.17) is 0 Å². The summed E-state index contributed by atoms with van der Waals surface area (Å²) in [6.07, 6.45) is 6.54. The molecule has 0 aliphatic carbocycles. The highest BCUT2D eigenvalue weighted by molar-refractivity contribution is 4.78. The minimum absolute atomic E-state index is 0.722. The van der Waals surface area contributed by atoms with Crippen molar-refractivity contribution >= 4 is 0 Å². The van der Waals surface area contributed by atoms with Crippen molar-refractivity contribution in [3.63, 3.8) is 0 Å². The molecule has 0 aromatic carbocycles. The van der Waals surface area contributed by atoms with Crippen molar-refractivity contribution in [2.75, 3.05) is 39.8 Å². The molecule has 114 valence electrons. The van der Waals surface area contributed by atoms with E-state index in [1.165, 1.54) is 58.3 Å². The maximum absolute atomic E-state index is 3.59. The number of hydrogen-bond acceptors (Lipinski definition) is 3. The van der Waals surface area contributed by atoms with E-state index in [1.807, 2.05) is 0 Å². The first-order chi connectivity index (χ1) is 9.21. The summed E-state index contributed by atoms with van der Waals surface area (Å²) in [5.74, 6) is 0. The summed E-state index contributed by atoms with van der Waals surface area (Å²) in [5, 5.41) is 3.59. The lowest BCUT2D eigenvalue weighted by Crippen LogP contribution is -2.40. The number of rotatable bonds is 8. The Kier molecular flexibility index (Phi) is 8.67. The molecule has 1 aliphatic heterocycles. The molecule has 0 spiro atoms. The van der Waals surface area contributed by atoms with Gasteiger partial charge in [0.05, 0.1) is 0 Å². The Labute approximate surface area is 120 Å². The molecule has 19 heavy (non-hydrogen) atoms. The van der Waals surface area contributed by atoms with Crippen LogP contribution in [0.3, 0.4) is 0 Å². The van der Waals surface area contributed by atoms with Gasteiger partial charge in [0.15, 0.2) is 0 Å². The summed E-state index contributed by atoms with van der Waals surface area (Å²) in [6, 6.07) is 1.49. The summed E-state index contributed by atoms with van der Waals surface area (Å²) in [7, 11) is 2.27. The molecular formula is C16H35N3. The lowest BCUT2D eigenvalue weighted by molar-refractivity contribution is 0.178. The first-order valence-electron chi connectivity index (χ1n) is 8.37. The van der Waals surface area contributed by atoms with Crippen LogP contribution in [-0.2, 0) is 0 Å². The third-order valence-corrected chi connectivity index (χ3v) is 4.48. The van der Waals surface area contributed by atoms with E-state index >= 15 is 0 Å². The van der Waals surface area contributed by atoms with Crippen LogP contribution >= 0.6 is 0 Å². The zero-order valence-corrected chi connectivity index (χ0v) is 13.6. The highest BCUT2D eigenvalue weighted by atomic mass is 15.2. The third-order valence-electron chi connectivity index (χ3n) is 4.48. The first-order valence-corrected chi connectivity index (χ1v) is 8.37. The number of nitrogens with one attached hydrogen (secondary N) is 1. The molecule has 2 atom stereocenters. The van der Waals surface area contributed by atoms with Crippen LogP contribution in [0, 0.1) is 0 Å². The quantitative estimate of drug-likeness (QED) is 0.730. The molecule has 1 saturated heterocycles. The zero-order chi connectivity index (χ0) is 14.1. The number of likely N-dealkylation sites (N-methyl/N-ethyl adjacent to an activating group) is 1. The second-order valence-corrected chi connectivity index (χ2v) is 6.02. The highest BCUT2D eigenvalue weighted by Gasteiger charge is 2.21. The van der Waals surface area contributed by atoms with Gasteiger partial charge < -0.3 is 10.2 Å². The van der Waals surface area contributed by atoms with Crippen LogP contribution in [-0.4, -0.2) is 61.7 Å². The molecule has 0 bridgehead atoms. The Morgan fingerprint density at radius 2 is 2.00 bits per heavy atom. The average molecular weight is 269 g/mol. The topological polar surface area (TPSA) is 18.5 Å². The minimum Gasteiger partial charge on any atom is -0.314 e. The molecule has 3 nitrogen and oxygen atoms in total. The van der Waals surface area contributed by atoms with Crippen LogP contribution in [0.4, 0.5) is 0 Å². The van der Waals surface area contributed by atoms with Crippen molar-refractivity contribution in [2.45, 2.75) is 65.0 Å². The van der Waals surface area contributed by atoms with Crippen LogP contribution < -0.4 is 5.32 Å². The largest absolute Gasteiger partial charge is 0.314 e. The molecule has 2 unspecified atom stereocenters. The van der Waals surface area contributed by atoms with Crippen LogP contribution in [0.2, 0.25) is 0 Å². The summed E-state index contributed by atoms with van der Waals surface area (Å²) < 4.78 is 0. The molecule has 3 heteroatoms. The third kappa shape index (κ3) is 6.24. The van der Waals surface area contributed by atoms with E-state index in [0.717, 1.165) is 18.6 Å². The van der Waals surface area contributed by atoms with E-state index in [-0.39, 0.29) is 0 Å². The van der Waals surface area contributed by atoms with Crippen LogP contribution in [0.25, 0.3) is 0 Å². The van der Waals surface area contributed by atoms with Crippen molar-refractivity contribution in [1.82, 2.24) is 15.1 Å². The van der Waals surface area contributed by atoms with Gasteiger partial charge in [-0.15, -0.1) is 0 Å². The van der Waals surface area contributed by atoms with E-state index in [2.05, 4.69) is 42.9 Å². The number of nitrogens with zero attached hydrogens (tertiary/aromatic N) is 2. The van der Waals surface area contributed by atoms with Gasteiger partial charge in [-0.2, -0.15) is 0 Å². The molecule has 1 fully saturated rings. The molecule has 1 N–H and O–H groups in total. The Morgan fingerprint density at radius 3 is 2.63 bits per heavy atom. The predicted molar refractivity (Wildman–Crippen MR) is 84.8 cm³/mol. The molecular weight excluding hydrogens is 234 g/mol. The molecule has 1 heterocycles. The van der Waals surface area contributed by atoms with Crippen molar-refractivity contribution in [3.05, 3.63) is 0 Å². The number of hydrogen-bond donors (Lipinski definition) is 1. The Morgan fingerprint density at radius 1 is 1.21 bits per heavy atom. The van der Waals surface area contributed by atoms with Crippen molar-refractivity contribution in [1.29, 1.82) is 0 Å². The van der Waals surface area contributed by atoms with E-state index in [1.54, 1.807) is 0 Å². The van der Waals surface area contributed by atoms with Gasteiger partial charge in [-0.05, 0) is 65.3 Å². The minimum atomic E-state index is 0.722. The highest BCUT2D eigenvalue weighted by Crippen LogP contribution is 2.13. The van der Waals surface area contributed by atoms with Crippen LogP contribution in [0.15, 0.2) is 0 Å². The Hall–Kier alpha value is -0.120. The summed E-state index contributed by atoms with van der Waals surface area (Å²) in [6.45, 7) is 13.0. The van der Waals surface area contributed by atoms with Crippen LogP contribution in [0.5, 0.6) is 0 Å². The van der Waals surface area contributed by atoms with E-state index in [0.29, 0.717) is 0 Å². The Balaban J connectivity index is 2.32. The Bertz CT molecular complexity index is 220. The molecule has 1 rings (SSSR count). The smallest absolute Gasteiger partial charge is 0.0220 e. The molecule has 0 aromatic heterocycles. The summed E-state index contributed by atoms with van der Waals surface area (Å²) in [4.78, 5) is 5.24. The monoisotopic (exact) mass is 269 g/mol. The van der Waals surface area contributed by atoms with E-state index < -0.39 is 0 Å². The maximum atomic E-state index is 3.59. The second kappa shape index (κ2) is 9.73.